The van der Waals surface area contributed by atoms with Crippen LogP contribution in [0.3, 0.4) is 0 Å². The molecule has 0 aliphatic carbocycles. The van der Waals surface area contributed by atoms with Crippen molar-refractivity contribution in [3.05, 3.63) is 52.5 Å². The standard InChI is InChI=1S/C21H25ClN2O4S/c1-5-13(2)28-16-8-6-7-14(9-16)20(25)24-21(29)23-12-15-10-18(26-3)19(27-4)11-17(15)22/h6-11,13H,5,12H2,1-4H3,(H2,23,24,25,29). The van der Waals surface area contributed by atoms with Gasteiger partial charge in [0.25, 0.3) is 5.91 Å². The molecule has 0 aromatic heterocycles. The van der Waals surface area contributed by atoms with E-state index in [1.54, 1.807) is 44.6 Å². The number of benzene rings is 2. The van der Waals surface area contributed by atoms with E-state index >= 15 is 0 Å². The van der Waals surface area contributed by atoms with Gasteiger partial charge in [-0.3, -0.25) is 10.1 Å². The summed E-state index contributed by atoms with van der Waals surface area (Å²) in [6, 6.07) is 10.4. The largest absolute Gasteiger partial charge is 0.493 e. The third-order valence-electron chi connectivity index (χ3n) is 4.23. The number of hydrogen-bond donors (Lipinski definition) is 2. The van der Waals surface area contributed by atoms with Gasteiger partial charge >= 0.3 is 0 Å². The molecule has 0 spiro atoms. The minimum absolute atomic E-state index is 0.0716. The lowest BCUT2D eigenvalue weighted by Gasteiger charge is -2.15. The Hall–Kier alpha value is -2.51. The van der Waals surface area contributed by atoms with Crippen LogP contribution >= 0.6 is 23.8 Å². The fourth-order valence-electron chi connectivity index (χ4n) is 2.45. The lowest BCUT2D eigenvalue weighted by molar-refractivity contribution is 0.0975. The first-order chi connectivity index (χ1) is 13.9. The zero-order valence-corrected chi connectivity index (χ0v) is 18.4. The number of ether oxygens (including phenoxy) is 3. The smallest absolute Gasteiger partial charge is 0.257 e. The van der Waals surface area contributed by atoms with Gasteiger partial charge in [-0.25, -0.2) is 0 Å². The lowest BCUT2D eigenvalue weighted by atomic mass is 10.2. The van der Waals surface area contributed by atoms with Crippen molar-refractivity contribution in [2.24, 2.45) is 0 Å². The van der Waals surface area contributed by atoms with Gasteiger partial charge in [-0.1, -0.05) is 24.6 Å². The minimum Gasteiger partial charge on any atom is -0.493 e. The highest BCUT2D eigenvalue weighted by molar-refractivity contribution is 7.80. The summed E-state index contributed by atoms with van der Waals surface area (Å²) >= 11 is 11.5. The van der Waals surface area contributed by atoms with Crippen LogP contribution in [0.4, 0.5) is 0 Å². The molecule has 6 nitrogen and oxygen atoms in total. The number of nitrogens with one attached hydrogen (secondary N) is 2. The minimum atomic E-state index is -0.324. The highest BCUT2D eigenvalue weighted by Gasteiger charge is 2.12. The Morgan fingerprint density at radius 1 is 1.17 bits per heavy atom. The van der Waals surface area contributed by atoms with Crippen molar-refractivity contribution in [3.63, 3.8) is 0 Å². The van der Waals surface area contributed by atoms with Crippen molar-refractivity contribution in [2.45, 2.75) is 32.9 Å². The fourth-order valence-corrected chi connectivity index (χ4v) is 2.84. The summed E-state index contributed by atoms with van der Waals surface area (Å²) < 4.78 is 16.3. The number of halogens is 1. The van der Waals surface area contributed by atoms with Crippen LogP contribution < -0.4 is 24.8 Å². The number of thiocarbonyl (C=S) groups is 1. The van der Waals surface area contributed by atoms with E-state index in [1.165, 1.54) is 0 Å². The number of carbonyl (C=O) groups excluding carboxylic acids is 1. The third kappa shape index (κ3) is 6.51. The van der Waals surface area contributed by atoms with Crippen molar-refractivity contribution in [3.8, 4) is 17.2 Å². The first-order valence-electron chi connectivity index (χ1n) is 9.14. The Kier molecular flexibility index (Phi) is 8.54. The highest BCUT2D eigenvalue weighted by atomic mass is 35.5. The summed E-state index contributed by atoms with van der Waals surface area (Å²) in [4.78, 5) is 12.5. The predicted octanol–water partition coefficient (Wildman–Crippen LogP) is 4.34. The Morgan fingerprint density at radius 3 is 2.52 bits per heavy atom. The molecule has 2 N–H and O–H groups in total. The summed E-state index contributed by atoms with van der Waals surface area (Å²) in [5, 5.41) is 6.32. The van der Waals surface area contributed by atoms with Crippen molar-refractivity contribution < 1.29 is 19.0 Å². The zero-order chi connectivity index (χ0) is 21.4. The van der Waals surface area contributed by atoms with Crippen LogP contribution in [0, 0.1) is 0 Å². The molecule has 156 valence electrons. The summed E-state index contributed by atoms with van der Waals surface area (Å²) in [5.74, 6) is 1.41. The van der Waals surface area contributed by atoms with Crippen molar-refractivity contribution in [1.82, 2.24) is 10.6 Å². The van der Waals surface area contributed by atoms with Crippen LogP contribution in [0.25, 0.3) is 0 Å². The molecular weight excluding hydrogens is 412 g/mol. The first-order valence-corrected chi connectivity index (χ1v) is 9.92. The van der Waals surface area contributed by atoms with Gasteiger partial charge in [0.15, 0.2) is 16.6 Å². The fraction of sp³-hybridized carbons (Fsp3) is 0.333. The maximum absolute atomic E-state index is 12.5. The second kappa shape index (κ2) is 10.9. The molecule has 8 heteroatoms. The van der Waals surface area contributed by atoms with Gasteiger partial charge in [-0.05, 0) is 55.4 Å². The number of amides is 1. The second-order valence-electron chi connectivity index (χ2n) is 6.30. The zero-order valence-electron chi connectivity index (χ0n) is 16.9. The number of methoxy groups -OCH3 is 2. The summed E-state index contributed by atoms with van der Waals surface area (Å²) in [6.45, 7) is 4.33. The van der Waals surface area contributed by atoms with Crippen molar-refractivity contribution in [1.29, 1.82) is 0 Å². The average Bonchev–Trinajstić information content (AvgIpc) is 2.72. The molecule has 1 amide bonds. The quantitative estimate of drug-likeness (QED) is 0.600. The van der Waals surface area contributed by atoms with Gasteiger partial charge in [-0.15, -0.1) is 0 Å². The Balaban J connectivity index is 1.98. The van der Waals surface area contributed by atoms with Gasteiger partial charge in [0.05, 0.1) is 20.3 Å². The van der Waals surface area contributed by atoms with Gasteiger partial charge in [0.1, 0.15) is 5.75 Å². The molecule has 2 aromatic rings. The van der Waals surface area contributed by atoms with E-state index in [1.807, 2.05) is 19.9 Å². The normalized spacial score (nSPS) is 11.3. The van der Waals surface area contributed by atoms with E-state index in [-0.39, 0.29) is 17.1 Å². The Morgan fingerprint density at radius 2 is 1.86 bits per heavy atom. The van der Waals surface area contributed by atoms with E-state index in [2.05, 4.69) is 10.6 Å². The van der Waals surface area contributed by atoms with Gasteiger partial charge < -0.3 is 19.5 Å². The molecular formula is C21H25ClN2O4S. The maximum Gasteiger partial charge on any atom is 0.257 e. The number of rotatable bonds is 8. The van der Waals surface area contributed by atoms with Crippen molar-refractivity contribution >= 4 is 34.8 Å². The van der Waals surface area contributed by atoms with E-state index in [0.29, 0.717) is 34.4 Å². The molecule has 0 radical (unpaired) electrons. The van der Waals surface area contributed by atoms with Crippen LogP contribution in [0.1, 0.15) is 36.2 Å². The van der Waals surface area contributed by atoms with Crippen molar-refractivity contribution in [2.75, 3.05) is 14.2 Å². The van der Waals surface area contributed by atoms with Crippen LogP contribution in [0.15, 0.2) is 36.4 Å². The second-order valence-corrected chi connectivity index (χ2v) is 7.12. The van der Waals surface area contributed by atoms with Gasteiger partial charge in [0, 0.05) is 23.2 Å². The van der Waals surface area contributed by atoms with Crippen LogP contribution in [-0.2, 0) is 6.54 Å². The highest BCUT2D eigenvalue weighted by Crippen LogP contribution is 2.32. The van der Waals surface area contributed by atoms with Crippen LogP contribution in [0.2, 0.25) is 5.02 Å². The molecule has 0 fully saturated rings. The van der Waals surface area contributed by atoms with E-state index in [4.69, 9.17) is 38.0 Å². The molecule has 0 saturated carbocycles. The molecule has 0 aliphatic rings. The molecule has 0 saturated heterocycles. The number of carbonyl (C=O) groups is 1. The SMILES string of the molecule is CCC(C)Oc1cccc(C(=O)NC(=S)NCc2cc(OC)c(OC)cc2Cl)c1. The average molecular weight is 437 g/mol. The molecule has 0 aliphatic heterocycles. The molecule has 0 bridgehead atoms. The topological polar surface area (TPSA) is 68.8 Å². The molecule has 2 rings (SSSR count). The van der Waals surface area contributed by atoms with Gasteiger partial charge in [0.2, 0.25) is 0 Å². The number of hydrogen-bond acceptors (Lipinski definition) is 5. The van der Waals surface area contributed by atoms with E-state index < -0.39 is 0 Å². The molecule has 29 heavy (non-hydrogen) atoms. The monoisotopic (exact) mass is 436 g/mol. The first kappa shape index (κ1) is 22.8. The third-order valence-corrected chi connectivity index (χ3v) is 4.83. The van der Waals surface area contributed by atoms with E-state index in [0.717, 1.165) is 12.0 Å². The predicted molar refractivity (Wildman–Crippen MR) is 118 cm³/mol. The molecule has 0 heterocycles. The molecule has 1 unspecified atom stereocenters. The van der Waals surface area contributed by atoms with E-state index in [9.17, 15) is 4.79 Å². The van der Waals surface area contributed by atoms with Crippen LogP contribution in [0.5, 0.6) is 17.2 Å². The maximum atomic E-state index is 12.5. The summed E-state index contributed by atoms with van der Waals surface area (Å²) in [5.41, 5.74) is 1.21. The molecule has 2 aromatic carbocycles. The van der Waals surface area contributed by atoms with Crippen LogP contribution in [-0.4, -0.2) is 31.3 Å². The molecule has 1 atom stereocenters. The lowest BCUT2D eigenvalue weighted by Crippen LogP contribution is -2.38. The summed E-state index contributed by atoms with van der Waals surface area (Å²) in [6.07, 6.45) is 0.950. The summed E-state index contributed by atoms with van der Waals surface area (Å²) in [7, 11) is 3.09. The Bertz CT molecular complexity index is 876. The Labute approximate surface area is 181 Å². The van der Waals surface area contributed by atoms with Gasteiger partial charge in [-0.2, -0.15) is 0 Å².